The molecule has 0 atom stereocenters. The number of hydrogen-bond acceptors (Lipinski definition) is 9. The Labute approximate surface area is 242 Å². The highest BCUT2D eigenvalue weighted by molar-refractivity contribution is 5.94. The van der Waals surface area contributed by atoms with Gasteiger partial charge in [-0.1, -0.05) is 31.5 Å². The summed E-state index contributed by atoms with van der Waals surface area (Å²) in [5, 5.41) is 7.59. The summed E-state index contributed by atoms with van der Waals surface area (Å²) in [6.45, 7) is 6.86. The number of carbonyl (C=O) groups excluding carboxylic acids is 3. The van der Waals surface area contributed by atoms with E-state index in [1.54, 1.807) is 37.4 Å². The van der Waals surface area contributed by atoms with Gasteiger partial charge >= 0.3 is 0 Å². The zero-order chi connectivity index (χ0) is 29.6. The van der Waals surface area contributed by atoms with E-state index in [4.69, 9.17) is 15.2 Å². The fraction of sp³-hybridized carbons (Fsp3) is 0.500. The SMILES string of the molecule is CCCCC(=O)NN(C)Cc1c(C=O)cccc1NC(=O)CNCCOCCN1CC(c2ccc(N)c(OC)c2)C1. The number of rotatable bonds is 18. The lowest BCUT2D eigenvalue weighted by atomic mass is 9.91. The average Bonchev–Trinajstić information content (AvgIpc) is 2.93. The quantitative estimate of drug-likeness (QED) is 0.0924. The lowest BCUT2D eigenvalue weighted by Gasteiger charge is -2.39. The van der Waals surface area contributed by atoms with Gasteiger partial charge in [-0.25, -0.2) is 5.01 Å². The summed E-state index contributed by atoms with van der Waals surface area (Å²) in [5.41, 5.74) is 12.2. The van der Waals surface area contributed by atoms with Gasteiger partial charge in [0.2, 0.25) is 11.8 Å². The number of nitrogens with zero attached hydrogens (tertiary/aromatic N) is 2. The number of anilines is 2. The van der Waals surface area contributed by atoms with Crippen molar-refractivity contribution >= 4 is 29.5 Å². The van der Waals surface area contributed by atoms with Gasteiger partial charge in [0, 0.05) is 68.9 Å². The van der Waals surface area contributed by atoms with Crippen LogP contribution in [0.15, 0.2) is 36.4 Å². The van der Waals surface area contributed by atoms with Gasteiger partial charge in [0.1, 0.15) is 12.0 Å². The summed E-state index contributed by atoms with van der Waals surface area (Å²) >= 11 is 0. The molecule has 0 radical (unpaired) electrons. The molecule has 3 rings (SSSR count). The first-order valence-electron chi connectivity index (χ1n) is 14.2. The molecule has 11 nitrogen and oxygen atoms in total. The molecule has 41 heavy (non-hydrogen) atoms. The number of ether oxygens (including phenoxy) is 2. The molecule has 0 spiro atoms. The number of nitrogens with one attached hydrogen (secondary N) is 3. The van der Waals surface area contributed by atoms with Crippen LogP contribution in [0.4, 0.5) is 11.4 Å². The maximum atomic E-state index is 12.6. The molecule has 224 valence electrons. The van der Waals surface area contributed by atoms with Gasteiger partial charge in [-0.2, -0.15) is 0 Å². The van der Waals surface area contributed by atoms with Crippen molar-refractivity contribution in [2.24, 2.45) is 0 Å². The van der Waals surface area contributed by atoms with Crippen LogP contribution in [-0.4, -0.2) is 88.1 Å². The molecular weight excluding hydrogens is 524 g/mol. The Balaban J connectivity index is 1.32. The van der Waals surface area contributed by atoms with E-state index in [0.29, 0.717) is 54.6 Å². The number of hydrogen-bond donors (Lipinski definition) is 4. The van der Waals surface area contributed by atoms with Gasteiger partial charge in [0.05, 0.1) is 32.6 Å². The Bertz CT molecular complexity index is 1150. The van der Waals surface area contributed by atoms with Crippen LogP contribution in [0.5, 0.6) is 5.75 Å². The molecule has 11 heteroatoms. The summed E-state index contributed by atoms with van der Waals surface area (Å²) in [4.78, 5) is 38.6. The Morgan fingerprint density at radius 3 is 2.71 bits per heavy atom. The monoisotopic (exact) mass is 568 g/mol. The highest BCUT2D eigenvalue weighted by Crippen LogP contribution is 2.31. The lowest BCUT2D eigenvalue weighted by molar-refractivity contribution is -0.125. The molecule has 2 aromatic rings. The van der Waals surface area contributed by atoms with Gasteiger partial charge < -0.3 is 25.8 Å². The van der Waals surface area contributed by atoms with Gasteiger partial charge in [0.25, 0.3) is 0 Å². The van der Waals surface area contributed by atoms with E-state index < -0.39 is 0 Å². The van der Waals surface area contributed by atoms with E-state index in [9.17, 15) is 14.4 Å². The molecule has 1 aliphatic rings. The highest BCUT2D eigenvalue weighted by atomic mass is 16.5. The van der Waals surface area contributed by atoms with Gasteiger partial charge in [-0.15, -0.1) is 0 Å². The van der Waals surface area contributed by atoms with Crippen LogP contribution in [0.2, 0.25) is 0 Å². The van der Waals surface area contributed by atoms with Gasteiger partial charge in [0.15, 0.2) is 0 Å². The molecule has 0 bridgehead atoms. The van der Waals surface area contributed by atoms with Gasteiger partial charge in [-0.05, 0) is 30.2 Å². The normalized spacial score (nSPS) is 13.6. The summed E-state index contributed by atoms with van der Waals surface area (Å²) in [5.74, 6) is 0.886. The summed E-state index contributed by atoms with van der Waals surface area (Å²) in [6.07, 6.45) is 2.94. The van der Waals surface area contributed by atoms with E-state index in [0.717, 1.165) is 44.5 Å². The summed E-state index contributed by atoms with van der Waals surface area (Å²) in [6, 6.07) is 11.1. The second kappa shape index (κ2) is 16.7. The number of hydrazine groups is 1. The van der Waals surface area contributed by atoms with E-state index in [2.05, 4.69) is 27.0 Å². The fourth-order valence-corrected chi connectivity index (χ4v) is 4.67. The summed E-state index contributed by atoms with van der Waals surface area (Å²) < 4.78 is 11.1. The van der Waals surface area contributed by atoms with Crippen LogP contribution in [-0.2, 0) is 20.9 Å². The van der Waals surface area contributed by atoms with Crippen LogP contribution >= 0.6 is 0 Å². The first-order valence-corrected chi connectivity index (χ1v) is 14.2. The Morgan fingerprint density at radius 1 is 1.17 bits per heavy atom. The van der Waals surface area contributed by atoms with Crippen molar-refractivity contribution in [3.8, 4) is 5.75 Å². The molecule has 1 aliphatic heterocycles. The number of amides is 2. The molecule has 0 aliphatic carbocycles. The number of unbranched alkanes of at least 4 members (excludes halogenated alkanes) is 1. The number of aldehydes is 1. The predicted octanol–water partition coefficient (Wildman–Crippen LogP) is 2.39. The summed E-state index contributed by atoms with van der Waals surface area (Å²) in [7, 11) is 3.36. The minimum absolute atomic E-state index is 0.0804. The van der Waals surface area contributed by atoms with Crippen molar-refractivity contribution < 1.29 is 23.9 Å². The molecular formula is C30H44N6O5. The Hall–Kier alpha value is -3.51. The smallest absolute Gasteiger partial charge is 0.238 e. The minimum Gasteiger partial charge on any atom is -0.495 e. The van der Waals surface area contributed by atoms with E-state index in [1.165, 1.54) is 5.56 Å². The molecule has 0 unspecified atom stereocenters. The molecule has 0 aromatic heterocycles. The second-order valence-electron chi connectivity index (χ2n) is 10.3. The van der Waals surface area contributed by atoms with E-state index in [1.807, 2.05) is 19.1 Å². The third-order valence-electron chi connectivity index (χ3n) is 7.03. The zero-order valence-corrected chi connectivity index (χ0v) is 24.4. The van der Waals surface area contributed by atoms with Gasteiger partial charge in [-0.3, -0.25) is 24.7 Å². The number of benzene rings is 2. The van der Waals surface area contributed by atoms with Crippen LogP contribution in [0, 0.1) is 0 Å². The molecule has 1 fully saturated rings. The third-order valence-corrected chi connectivity index (χ3v) is 7.03. The number of methoxy groups -OCH3 is 1. The van der Waals surface area contributed by atoms with Crippen LogP contribution in [0.3, 0.4) is 0 Å². The molecule has 1 heterocycles. The highest BCUT2D eigenvalue weighted by Gasteiger charge is 2.28. The van der Waals surface area contributed by atoms with Crippen molar-refractivity contribution in [3.05, 3.63) is 53.1 Å². The molecule has 1 saturated heterocycles. The van der Waals surface area contributed by atoms with E-state index >= 15 is 0 Å². The fourth-order valence-electron chi connectivity index (χ4n) is 4.67. The number of carbonyl (C=O) groups is 3. The van der Waals surface area contributed by atoms with Crippen molar-refractivity contribution in [3.63, 3.8) is 0 Å². The minimum atomic E-state index is -0.227. The van der Waals surface area contributed by atoms with E-state index in [-0.39, 0.29) is 24.9 Å². The van der Waals surface area contributed by atoms with Crippen molar-refractivity contribution in [2.45, 2.75) is 38.6 Å². The third kappa shape index (κ3) is 10.1. The molecule has 5 N–H and O–H groups in total. The van der Waals surface area contributed by atoms with Crippen molar-refractivity contribution in [2.75, 3.05) is 71.1 Å². The largest absolute Gasteiger partial charge is 0.495 e. The molecule has 0 saturated carbocycles. The van der Waals surface area contributed by atoms with Crippen LogP contribution in [0.25, 0.3) is 0 Å². The van der Waals surface area contributed by atoms with Crippen molar-refractivity contribution in [1.82, 2.24) is 20.7 Å². The maximum absolute atomic E-state index is 12.6. The van der Waals surface area contributed by atoms with Crippen molar-refractivity contribution in [1.29, 1.82) is 0 Å². The first kappa shape index (κ1) is 32.0. The maximum Gasteiger partial charge on any atom is 0.238 e. The Morgan fingerprint density at radius 2 is 1.98 bits per heavy atom. The lowest BCUT2D eigenvalue weighted by Crippen LogP contribution is -2.46. The number of nitrogens with two attached hydrogens (primary N) is 1. The topological polar surface area (TPSA) is 138 Å². The predicted molar refractivity (Wildman–Crippen MR) is 160 cm³/mol. The van der Waals surface area contributed by atoms with Crippen LogP contribution < -0.4 is 26.5 Å². The second-order valence-corrected chi connectivity index (χ2v) is 10.3. The standard InChI is InChI=1S/C30H44N6O5/c1-4-5-9-29(38)34-35(2)20-25-23(21-37)7-6-8-27(25)33-30(39)17-32-12-14-41-15-13-36-18-24(19-36)22-10-11-26(31)28(16-22)40-3/h6-8,10-11,16,21,24,32H,4-5,9,12-15,17-20,31H2,1-3H3,(H,33,39)(H,34,38). The zero-order valence-electron chi connectivity index (χ0n) is 24.4. The molecule has 2 aromatic carbocycles. The Kier molecular flexibility index (Phi) is 13.0. The number of likely N-dealkylation sites (tertiary alicyclic amines) is 1. The van der Waals surface area contributed by atoms with Crippen LogP contribution in [0.1, 0.15) is 53.6 Å². The molecule has 2 amide bonds. The number of nitrogen functional groups attached to an aromatic ring is 1. The first-order chi connectivity index (χ1) is 19.8. The average molecular weight is 569 g/mol.